The SMILES string of the molecule is O=C(C[C@@H]1C=C[C@H](NC(=O)Nc2cccc(F)c2)[C@@H](CO)O1)NCC1CC1. The number of urea groups is 1. The van der Waals surface area contributed by atoms with Crippen LogP contribution in [0, 0.1) is 11.7 Å². The second-order valence-corrected chi connectivity index (χ2v) is 6.87. The van der Waals surface area contributed by atoms with Crippen LogP contribution in [0.25, 0.3) is 0 Å². The minimum atomic E-state index is -0.672. The number of hydrogen-bond acceptors (Lipinski definition) is 4. The van der Waals surface area contributed by atoms with E-state index in [1.165, 1.54) is 18.2 Å². The maximum atomic E-state index is 13.2. The van der Waals surface area contributed by atoms with Crippen LogP contribution in [0.1, 0.15) is 19.3 Å². The van der Waals surface area contributed by atoms with E-state index in [9.17, 15) is 19.1 Å². The van der Waals surface area contributed by atoms with E-state index in [0.717, 1.165) is 12.8 Å². The molecule has 1 saturated carbocycles. The molecule has 4 N–H and O–H groups in total. The van der Waals surface area contributed by atoms with Crippen molar-refractivity contribution in [3.05, 3.63) is 42.2 Å². The summed E-state index contributed by atoms with van der Waals surface area (Å²) in [4.78, 5) is 24.0. The lowest BCUT2D eigenvalue weighted by molar-refractivity contribution is -0.125. The zero-order valence-electron chi connectivity index (χ0n) is 14.9. The zero-order valence-corrected chi connectivity index (χ0v) is 14.9. The third-order valence-corrected chi connectivity index (χ3v) is 4.51. The molecule has 0 spiro atoms. The van der Waals surface area contributed by atoms with Crippen LogP contribution in [0.4, 0.5) is 14.9 Å². The van der Waals surface area contributed by atoms with E-state index in [0.29, 0.717) is 18.2 Å². The number of hydrogen-bond donors (Lipinski definition) is 4. The molecule has 3 rings (SSSR count). The Kier molecular flexibility index (Phi) is 6.41. The van der Waals surface area contributed by atoms with Crippen LogP contribution in [0.15, 0.2) is 36.4 Å². The first-order chi connectivity index (χ1) is 13.0. The standard InChI is InChI=1S/C19H24FN3O4/c20-13-2-1-3-14(8-13)22-19(26)23-16-7-6-15(27-17(16)11-24)9-18(25)21-10-12-4-5-12/h1-3,6-8,12,15-17,24H,4-5,9-11H2,(H,21,25)(H2,22,23,26)/t15-,16-,17+/m0/s1. The average molecular weight is 377 g/mol. The van der Waals surface area contributed by atoms with Crippen LogP contribution in [-0.2, 0) is 9.53 Å². The number of rotatable bonds is 7. The van der Waals surface area contributed by atoms with Gasteiger partial charge in [0.25, 0.3) is 0 Å². The number of halogens is 1. The van der Waals surface area contributed by atoms with E-state index >= 15 is 0 Å². The zero-order chi connectivity index (χ0) is 19.2. The first-order valence-corrected chi connectivity index (χ1v) is 9.08. The van der Waals surface area contributed by atoms with Crippen LogP contribution in [0.2, 0.25) is 0 Å². The smallest absolute Gasteiger partial charge is 0.319 e. The first kappa shape index (κ1) is 19.3. The quantitative estimate of drug-likeness (QED) is 0.542. The number of aliphatic hydroxyl groups is 1. The summed E-state index contributed by atoms with van der Waals surface area (Å²) < 4.78 is 18.9. The third-order valence-electron chi connectivity index (χ3n) is 4.51. The van der Waals surface area contributed by atoms with Crippen molar-refractivity contribution in [1.29, 1.82) is 0 Å². The summed E-state index contributed by atoms with van der Waals surface area (Å²) >= 11 is 0. The van der Waals surface area contributed by atoms with Crippen molar-refractivity contribution in [1.82, 2.24) is 10.6 Å². The monoisotopic (exact) mass is 377 g/mol. The fourth-order valence-electron chi connectivity index (χ4n) is 2.86. The maximum absolute atomic E-state index is 13.2. The first-order valence-electron chi connectivity index (χ1n) is 9.08. The van der Waals surface area contributed by atoms with Gasteiger partial charge in [-0.1, -0.05) is 18.2 Å². The minimum absolute atomic E-state index is 0.0940. The lowest BCUT2D eigenvalue weighted by Crippen LogP contribution is -2.50. The predicted octanol–water partition coefficient (Wildman–Crippen LogP) is 1.55. The van der Waals surface area contributed by atoms with Crippen molar-refractivity contribution >= 4 is 17.6 Å². The molecule has 0 unspecified atom stereocenters. The number of ether oxygens (including phenoxy) is 1. The Labute approximate surface area is 157 Å². The summed E-state index contributed by atoms with van der Waals surface area (Å²) in [6.07, 6.45) is 4.78. The number of carbonyl (C=O) groups excluding carboxylic acids is 2. The molecule has 0 radical (unpaired) electrons. The molecule has 7 nitrogen and oxygen atoms in total. The highest BCUT2D eigenvalue weighted by Crippen LogP contribution is 2.27. The van der Waals surface area contributed by atoms with E-state index in [1.54, 1.807) is 18.2 Å². The van der Waals surface area contributed by atoms with Crippen LogP contribution >= 0.6 is 0 Å². The summed E-state index contributed by atoms with van der Waals surface area (Å²) in [6, 6.07) is 4.43. The van der Waals surface area contributed by atoms with Gasteiger partial charge in [-0.25, -0.2) is 9.18 Å². The van der Waals surface area contributed by atoms with Gasteiger partial charge in [-0.2, -0.15) is 0 Å². The second-order valence-electron chi connectivity index (χ2n) is 6.87. The molecule has 2 aliphatic rings. The number of anilines is 1. The Morgan fingerprint density at radius 1 is 1.26 bits per heavy atom. The molecule has 0 bridgehead atoms. The number of carbonyl (C=O) groups is 2. The molecule has 1 heterocycles. The Hall–Kier alpha value is -2.45. The summed E-state index contributed by atoms with van der Waals surface area (Å²) in [6.45, 7) is 0.387. The third kappa shape index (κ3) is 6.04. The molecule has 8 heteroatoms. The predicted molar refractivity (Wildman–Crippen MR) is 97.6 cm³/mol. The lowest BCUT2D eigenvalue weighted by atomic mass is 10.0. The van der Waals surface area contributed by atoms with E-state index < -0.39 is 30.1 Å². The van der Waals surface area contributed by atoms with Crippen molar-refractivity contribution in [2.24, 2.45) is 5.92 Å². The molecular weight excluding hydrogens is 353 g/mol. The highest BCUT2D eigenvalue weighted by molar-refractivity contribution is 5.89. The number of benzene rings is 1. The van der Waals surface area contributed by atoms with Gasteiger partial charge in [0.2, 0.25) is 5.91 Å². The number of amides is 3. The van der Waals surface area contributed by atoms with Crippen molar-refractivity contribution in [3.63, 3.8) is 0 Å². The summed E-state index contributed by atoms with van der Waals surface area (Å²) in [5.74, 6) is 0.0559. The molecular formula is C19H24FN3O4. The molecule has 1 aromatic carbocycles. The summed E-state index contributed by atoms with van der Waals surface area (Å²) in [5.41, 5.74) is 0.318. The van der Waals surface area contributed by atoms with E-state index in [2.05, 4.69) is 16.0 Å². The van der Waals surface area contributed by atoms with Crippen molar-refractivity contribution in [2.75, 3.05) is 18.5 Å². The fourth-order valence-corrected chi connectivity index (χ4v) is 2.86. The van der Waals surface area contributed by atoms with Crippen LogP contribution in [0.5, 0.6) is 0 Å². The largest absolute Gasteiger partial charge is 0.394 e. The van der Waals surface area contributed by atoms with Gasteiger partial charge in [0.05, 0.1) is 25.2 Å². The Morgan fingerprint density at radius 3 is 2.78 bits per heavy atom. The molecule has 1 aromatic rings. The summed E-state index contributed by atoms with van der Waals surface area (Å²) in [5, 5.41) is 17.6. The molecule has 1 fully saturated rings. The van der Waals surface area contributed by atoms with Gasteiger partial charge >= 0.3 is 6.03 Å². The molecule has 1 aliphatic heterocycles. The van der Waals surface area contributed by atoms with Crippen LogP contribution in [0.3, 0.4) is 0 Å². The second kappa shape index (κ2) is 8.96. The lowest BCUT2D eigenvalue weighted by Gasteiger charge is -2.31. The molecule has 0 saturated heterocycles. The van der Waals surface area contributed by atoms with Crippen LogP contribution < -0.4 is 16.0 Å². The van der Waals surface area contributed by atoms with Gasteiger partial charge < -0.3 is 25.8 Å². The maximum Gasteiger partial charge on any atom is 0.319 e. The van der Waals surface area contributed by atoms with E-state index in [1.807, 2.05) is 0 Å². The van der Waals surface area contributed by atoms with Gasteiger partial charge in [-0.05, 0) is 37.0 Å². The molecule has 27 heavy (non-hydrogen) atoms. The molecule has 3 amide bonds. The van der Waals surface area contributed by atoms with Gasteiger partial charge in [0, 0.05) is 12.2 Å². The highest BCUT2D eigenvalue weighted by Gasteiger charge is 2.29. The van der Waals surface area contributed by atoms with Gasteiger partial charge in [-0.3, -0.25) is 4.79 Å². The van der Waals surface area contributed by atoms with Gasteiger partial charge in [0.1, 0.15) is 11.9 Å². The Bertz CT molecular complexity index is 708. The van der Waals surface area contributed by atoms with Gasteiger partial charge in [0.15, 0.2) is 0 Å². The van der Waals surface area contributed by atoms with E-state index in [-0.39, 0.29) is 18.9 Å². The molecule has 0 aromatic heterocycles. The normalized spacial score (nSPS) is 24.3. The van der Waals surface area contributed by atoms with Crippen molar-refractivity contribution in [2.45, 2.75) is 37.5 Å². The Morgan fingerprint density at radius 2 is 2.07 bits per heavy atom. The molecule has 146 valence electrons. The topological polar surface area (TPSA) is 99.7 Å². The Balaban J connectivity index is 1.49. The molecule has 1 aliphatic carbocycles. The van der Waals surface area contributed by atoms with E-state index in [4.69, 9.17) is 4.74 Å². The number of nitrogens with one attached hydrogen (secondary N) is 3. The average Bonchev–Trinajstić information content (AvgIpc) is 3.45. The van der Waals surface area contributed by atoms with Gasteiger partial charge in [-0.15, -0.1) is 0 Å². The van der Waals surface area contributed by atoms with Crippen molar-refractivity contribution < 1.29 is 23.8 Å². The number of aliphatic hydroxyl groups excluding tert-OH is 1. The summed E-state index contributed by atoms with van der Waals surface area (Å²) in [7, 11) is 0. The minimum Gasteiger partial charge on any atom is -0.394 e. The fraction of sp³-hybridized carbons (Fsp3) is 0.474. The molecule has 3 atom stereocenters. The van der Waals surface area contributed by atoms with Crippen LogP contribution in [-0.4, -0.2) is 48.4 Å². The van der Waals surface area contributed by atoms with Crippen molar-refractivity contribution in [3.8, 4) is 0 Å². The highest BCUT2D eigenvalue weighted by atomic mass is 19.1.